The van der Waals surface area contributed by atoms with Crippen LogP contribution < -0.4 is 5.32 Å². The van der Waals surface area contributed by atoms with Crippen molar-refractivity contribution in [1.82, 2.24) is 19.8 Å². The molecule has 1 fully saturated rings. The molecule has 0 unspecified atom stereocenters. The maximum absolute atomic E-state index is 13.0. The lowest BCUT2D eigenvalue weighted by Crippen LogP contribution is -2.43. The number of likely N-dealkylation sites (tertiary alicyclic amines) is 1. The summed E-state index contributed by atoms with van der Waals surface area (Å²) in [6, 6.07) is 8.93. The van der Waals surface area contributed by atoms with E-state index in [2.05, 4.69) is 10.4 Å². The fraction of sp³-hybridized carbons (Fsp3) is 0.318. The smallest absolute Gasteiger partial charge is 0.257 e. The third kappa shape index (κ3) is 3.61. The number of β-amino-alcohol motifs (C(OH)–C–C–N with tert-alkyl or cyclic N) is 1. The van der Waals surface area contributed by atoms with Crippen LogP contribution in [0.15, 0.2) is 42.7 Å². The highest BCUT2D eigenvalue weighted by molar-refractivity contribution is 6.01. The normalized spacial score (nSPS) is 19.0. The minimum Gasteiger partial charge on any atom is -0.389 e. The van der Waals surface area contributed by atoms with E-state index in [9.17, 15) is 14.7 Å². The van der Waals surface area contributed by atoms with E-state index < -0.39 is 12.1 Å². The van der Waals surface area contributed by atoms with Crippen LogP contribution in [0.1, 0.15) is 37.4 Å². The van der Waals surface area contributed by atoms with Crippen molar-refractivity contribution in [3.63, 3.8) is 0 Å². The SMILES string of the molecule is Cc1ccc(C(=O)N[C@@H]2CN(C(=O)c3cnn4ccc(C)cc34)C[C@@H]2O)c(C)c1. The average Bonchev–Trinajstić information content (AvgIpc) is 3.24. The standard InChI is InChI=1S/C22H24N4O3/c1-13-4-5-16(15(3)8-13)21(28)24-18-11-25(12-20(18)27)22(29)17-10-23-26-7-6-14(2)9-19(17)26/h4-10,18,20,27H,11-12H2,1-3H3,(H,24,28)/t18-,20+/m1/s1. The molecule has 1 aliphatic rings. The van der Waals surface area contributed by atoms with Gasteiger partial charge in [-0.2, -0.15) is 5.10 Å². The predicted octanol–water partition coefficient (Wildman–Crippen LogP) is 1.87. The third-order valence-corrected chi connectivity index (χ3v) is 5.43. The maximum atomic E-state index is 13.0. The summed E-state index contributed by atoms with van der Waals surface area (Å²) < 4.78 is 1.66. The second kappa shape index (κ2) is 7.33. The number of amides is 2. The molecule has 3 aromatic rings. The van der Waals surface area contributed by atoms with Crippen molar-refractivity contribution in [2.24, 2.45) is 0 Å². The van der Waals surface area contributed by atoms with Crippen LogP contribution in [0, 0.1) is 20.8 Å². The van der Waals surface area contributed by atoms with Crippen molar-refractivity contribution < 1.29 is 14.7 Å². The van der Waals surface area contributed by atoms with E-state index in [4.69, 9.17) is 0 Å². The molecule has 150 valence electrons. The van der Waals surface area contributed by atoms with Crippen molar-refractivity contribution in [2.45, 2.75) is 32.9 Å². The Labute approximate surface area is 169 Å². The molecular weight excluding hydrogens is 368 g/mol. The van der Waals surface area contributed by atoms with Crippen LogP contribution in [0.5, 0.6) is 0 Å². The van der Waals surface area contributed by atoms with E-state index in [0.29, 0.717) is 11.1 Å². The summed E-state index contributed by atoms with van der Waals surface area (Å²) in [6.07, 6.45) is 2.54. The number of carbonyl (C=O) groups is 2. The van der Waals surface area contributed by atoms with E-state index >= 15 is 0 Å². The molecule has 29 heavy (non-hydrogen) atoms. The molecule has 0 bridgehead atoms. The largest absolute Gasteiger partial charge is 0.389 e. The monoisotopic (exact) mass is 392 g/mol. The highest BCUT2D eigenvalue weighted by atomic mass is 16.3. The number of benzene rings is 1. The molecule has 7 nitrogen and oxygen atoms in total. The van der Waals surface area contributed by atoms with Gasteiger partial charge >= 0.3 is 0 Å². The van der Waals surface area contributed by atoms with Crippen LogP contribution in [0.4, 0.5) is 0 Å². The number of fused-ring (bicyclic) bond motifs is 1. The Hall–Kier alpha value is -3.19. The maximum Gasteiger partial charge on any atom is 0.257 e. The summed E-state index contributed by atoms with van der Waals surface area (Å²) in [5.74, 6) is -0.444. The summed E-state index contributed by atoms with van der Waals surface area (Å²) in [7, 11) is 0. The molecule has 0 saturated carbocycles. The topological polar surface area (TPSA) is 86.9 Å². The molecule has 7 heteroatoms. The molecule has 2 atom stereocenters. The summed E-state index contributed by atoms with van der Waals surface area (Å²) in [5, 5.41) is 17.6. The zero-order valence-electron chi connectivity index (χ0n) is 16.7. The molecular formula is C22H24N4O3. The van der Waals surface area contributed by atoms with Crippen molar-refractivity contribution in [2.75, 3.05) is 13.1 Å². The minimum absolute atomic E-state index is 0.166. The second-order valence-corrected chi connectivity index (χ2v) is 7.77. The van der Waals surface area contributed by atoms with E-state index in [1.807, 2.05) is 51.2 Å². The van der Waals surface area contributed by atoms with Crippen LogP contribution in [0.3, 0.4) is 0 Å². The van der Waals surface area contributed by atoms with Crippen LogP contribution in [0.2, 0.25) is 0 Å². The number of aromatic nitrogens is 2. The number of hydrogen-bond acceptors (Lipinski definition) is 4. The first-order valence-corrected chi connectivity index (χ1v) is 9.63. The Morgan fingerprint density at radius 3 is 2.59 bits per heavy atom. The van der Waals surface area contributed by atoms with Crippen molar-refractivity contribution >= 4 is 17.3 Å². The number of carbonyl (C=O) groups excluding carboxylic acids is 2. The van der Waals surface area contributed by atoms with E-state index in [1.165, 1.54) is 0 Å². The van der Waals surface area contributed by atoms with Crippen molar-refractivity contribution in [1.29, 1.82) is 0 Å². The molecule has 1 aliphatic heterocycles. The molecule has 1 saturated heterocycles. The van der Waals surface area contributed by atoms with Gasteiger partial charge in [0.15, 0.2) is 0 Å². The summed E-state index contributed by atoms with van der Waals surface area (Å²) in [5.41, 5.74) is 4.79. The van der Waals surface area contributed by atoms with Crippen LogP contribution in [0.25, 0.3) is 5.52 Å². The van der Waals surface area contributed by atoms with Gasteiger partial charge in [0.05, 0.1) is 29.4 Å². The predicted molar refractivity (Wildman–Crippen MR) is 109 cm³/mol. The Bertz CT molecular complexity index is 1100. The molecule has 2 N–H and O–H groups in total. The lowest BCUT2D eigenvalue weighted by molar-refractivity contribution is 0.0766. The Balaban J connectivity index is 1.50. The van der Waals surface area contributed by atoms with Crippen LogP contribution in [-0.4, -0.2) is 56.7 Å². The summed E-state index contributed by atoms with van der Waals surface area (Å²) in [4.78, 5) is 27.2. The molecule has 0 aliphatic carbocycles. The number of pyridine rings is 1. The van der Waals surface area contributed by atoms with Gasteiger partial charge in [-0.3, -0.25) is 9.59 Å². The first-order valence-electron chi connectivity index (χ1n) is 9.63. The van der Waals surface area contributed by atoms with E-state index in [1.54, 1.807) is 21.7 Å². The number of nitrogens with one attached hydrogen (secondary N) is 1. The van der Waals surface area contributed by atoms with Gasteiger partial charge in [-0.25, -0.2) is 4.52 Å². The van der Waals surface area contributed by atoms with Gasteiger partial charge in [-0.1, -0.05) is 17.7 Å². The number of hydrogen-bond donors (Lipinski definition) is 2. The summed E-state index contributed by atoms with van der Waals surface area (Å²) in [6.45, 7) is 6.23. The molecule has 3 heterocycles. The number of aryl methyl sites for hydroxylation is 3. The number of aliphatic hydroxyl groups is 1. The quantitative estimate of drug-likeness (QED) is 0.713. The van der Waals surface area contributed by atoms with Crippen LogP contribution in [-0.2, 0) is 0 Å². The van der Waals surface area contributed by atoms with Gasteiger partial charge in [0.1, 0.15) is 0 Å². The van der Waals surface area contributed by atoms with Crippen molar-refractivity contribution in [3.05, 3.63) is 70.5 Å². The number of rotatable bonds is 3. The van der Waals surface area contributed by atoms with Gasteiger partial charge in [0.25, 0.3) is 11.8 Å². The lowest BCUT2D eigenvalue weighted by atomic mass is 10.0. The van der Waals surface area contributed by atoms with E-state index in [-0.39, 0.29) is 24.9 Å². The Kier molecular flexibility index (Phi) is 4.84. The van der Waals surface area contributed by atoms with Crippen molar-refractivity contribution in [3.8, 4) is 0 Å². The second-order valence-electron chi connectivity index (χ2n) is 7.77. The van der Waals surface area contributed by atoms with Gasteiger partial charge in [0, 0.05) is 24.8 Å². The lowest BCUT2D eigenvalue weighted by Gasteiger charge is -2.17. The van der Waals surface area contributed by atoms with Crippen LogP contribution >= 0.6 is 0 Å². The number of aliphatic hydroxyl groups excluding tert-OH is 1. The summed E-state index contributed by atoms with van der Waals surface area (Å²) >= 11 is 0. The molecule has 2 aromatic heterocycles. The molecule has 2 amide bonds. The Morgan fingerprint density at radius 2 is 1.83 bits per heavy atom. The highest BCUT2D eigenvalue weighted by Gasteiger charge is 2.36. The fourth-order valence-corrected chi connectivity index (χ4v) is 3.83. The molecule has 0 radical (unpaired) electrons. The van der Waals surface area contributed by atoms with Gasteiger partial charge in [-0.05, 0) is 50.1 Å². The van der Waals surface area contributed by atoms with Gasteiger partial charge < -0.3 is 15.3 Å². The van der Waals surface area contributed by atoms with Gasteiger partial charge in [-0.15, -0.1) is 0 Å². The zero-order chi connectivity index (χ0) is 20.7. The molecule has 1 aromatic carbocycles. The fourth-order valence-electron chi connectivity index (χ4n) is 3.83. The third-order valence-electron chi connectivity index (χ3n) is 5.43. The average molecular weight is 392 g/mol. The molecule has 4 rings (SSSR count). The zero-order valence-corrected chi connectivity index (χ0v) is 16.7. The number of nitrogens with zero attached hydrogens (tertiary/aromatic N) is 3. The first-order chi connectivity index (χ1) is 13.8. The first kappa shape index (κ1) is 19.1. The van der Waals surface area contributed by atoms with E-state index in [0.717, 1.165) is 22.2 Å². The molecule has 0 spiro atoms. The van der Waals surface area contributed by atoms with Gasteiger partial charge in [0.2, 0.25) is 0 Å². The highest BCUT2D eigenvalue weighted by Crippen LogP contribution is 2.19. The Morgan fingerprint density at radius 1 is 1.07 bits per heavy atom. The minimum atomic E-state index is -0.822.